The van der Waals surface area contributed by atoms with Crippen molar-refractivity contribution < 1.29 is 0 Å². The number of hydrogen-bond donors (Lipinski definition) is 1. The summed E-state index contributed by atoms with van der Waals surface area (Å²) in [5.41, 5.74) is 7.26. The number of hydrogen-bond acceptors (Lipinski definition) is 2. The number of benzene rings is 1. The summed E-state index contributed by atoms with van der Waals surface area (Å²) in [5.74, 6) is 0.653. The zero-order chi connectivity index (χ0) is 14.0. The first-order valence-electron chi connectivity index (χ1n) is 6.93. The van der Waals surface area contributed by atoms with Gasteiger partial charge in [0.2, 0.25) is 0 Å². The molecule has 1 saturated carbocycles. The third-order valence-electron chi connectivity index (χ3n) is 3.54. The lowest BCUT2D eigenvalue weighted by atomic mass is 10.0. The molecule has 2 nitrogen and oxygen atoms in total. The molecule has 1 aromatic rings. The first-order valence-corrected chi connectivity index (χ1v) is 8.10. The van der Waals surface area contributed by atoms with Gasteiger partial charge in [0.25, 0.3) is 0 Å². The van der Waals surface area contributed by atoms with E-state index in [0.717, 1.165) is 16.0 Å². The highest BCUT2D eigenvalue weighted by Crippen LogP contribution is 2.36. The molecule has 0 bridgehead atoms. The average Bonchev–Trinajstić information content (AvgIpc) is 3.17. The fourth-order valence-corrected chi connectivity index (χ4v) is 2.98. The molecule has 0 saturated heterocycles. The van der Waals surface area contributed by atoms with E-state index < -0.39 is 0 Å². The lowest BCUT2D eigenvalue weighted by molar-refractivity contribution is 0.169. The molecule has 0 aliphatic heterocycles. The second-order valence-electron chi connectivity index (χ2n) is 5.75. The van der Waals surface area contributed by atoms with Crippen molar-refractivity contribution in [1.82, 2.24) is 4.90 Å². The molecule has 1 aliphatic rings. The van der Waals surface area contributed by atoms with E-state index in [4.69, 9.17) is 17.3 Å². The summed E-state index contributed by atoms with van der Waals surface area (Å²) in [5, 5.41) is 0.760. The van der Waals surface area contributed by atoms with Crippen LogP contribution in [0, 0.1) is 5.92 Å². The van der Waals surface area contributed by atoms with Crippen LogP contribution < -0.4 is 5.73 Å². The maximum atomic E-state index is 6.21. The summed E-state index contributed by atoms with van der Waals surface area (Å²) in [6, 6.07) is 7.17. The third-order valence-corrected chi connectivity index (χ3v) is 4.78. The summed E-state index contributed by atoms with van der Waals surface area (Å²) in [6.07, 6.45) is 2.60. The minimum atomic E-state index is 0.278. The second-order valence-corrected chi connectivity index (χ2v) is 7.01. The van der Waals surface area contributed by atoms with Crippen molar-refractivity contribution in [1.29, 1.82) is 0 Å². The van der Waals surface area contributed by atoms with Crippen molar-refractivity contribution in [2.45, 2.75) is 38.8 Å². The molecule has 0 spiro atoms. The lowest BCUT2D eigenvalue weighted by Gasteiger charge is -2.33. The smallest absolute Gasteiger partial charge is 0.0551 e. The van der Waals surface area contributed by atoms with E-state index in [0.29, 0.717) is 18.5 Å². The zero-order valence-corrected chi connectivity index (χ0v) is 13.9. The Labute approximate surface area is 129 Å². The summed E-state index contributed by atoms with van der Waals surface area (Å²) in [7, 11) is 0. The van der Waals surface area contributed by atoms with Crippen molar-refractivity contribution in [3.63, 3.8) is 0 Å². The van der Waals surface area contributed by atoms with Crippen LogP contribution in [0.1, 0.15) is 38.3 Å². The van der Waals surface area contributed by atoms with Crippen molar-refractivity contribution in [2.24, 2.45) is 11.7 Å². The van der Waals surface area contributed by atoms with Crippen LogP contribution in [0.3, 0.4) is 0 Å². The van der Waals surface area contributed by atoms with Gasteiger partial charge in [0.05, 0.1) is 5.02 Å². The number of rotatable bonds is 6. The average molecular weight is 346 g/mol. The largest absolute Gasteiger partial charge is 0.329 e. The SMILES string of the molecule is CC(C)CN(C1CC1)C(CN)c1ccc(Br)c(Cl)c1. The van der Waals surface area contributed by atoms with Crippen molar-refractivity contribution >= 4 is 27.5 Å². The van der Waals surface area contributed by atoms with E-state index in [2.05, 4.69) is 40.7 Å². The maximum absolute atomic E-state index is 6.21. The number of halogens is 2. The summed E-state index contributed by atoms with van der Waals surface area (Å²) in [6.45, 7) is 6.26. The van der Waals surface area contributed by atoms with Crippen LogP contribution in [-0.2, 0) is 0 Å². The Morgan fingerprint density at radius 3 is 2.58 bits per heavy atom. The highest BCUT2D eigenvalue weighted by molar-refractivity contribution is 9.10. The zero-order valence-electron chi connectivity index (χ0n) is 11.6. The van der Waals surface area contributed by atoms with Crippen LogP contribution in [0.2, 0.25) is 5.02 Å². The molecule has 0 amide bonds. The van der Waals surface area contributed by atoms with Gasteiger partial charge in [0.1, 0.15) is 0 Å². The Morgan fingerprint density at radius 2 is 2.11 bits per heavy atom. The monoisotopic (exact) mass is 344 g/mol. The Kier molecular flexibility index (Phi) is 5.29. The molecule has 0 radical (unpaired) electrons. The molecule has 106 valence electrons. The van der Waals surface area contributed by atoms with E-state index in [1.807, 2.05) is 12.1 Å². The number of nitrogens with two attached hydrogens (primary N) is 1. The maximum Gasteiger partial charge on any atom is 0.0551 e. The minimum absolute atomic E-state index is 0.278. The van der Waals surface area contributed by atoms with Crippen LogP contribution in [-0.4, -0.2) is 24.0 Å². The van der Waals surface area contributed by atoms with Crippen LogP contribution >= 0.6 is 27.5 Å². The molecule has 1 unspecified atom stereocenters. The first kappa shape index (κ1) is 15.3. The molecule has 4 heteroatoms. The Bertz CT molecular complexity index is 432. The van der Waals surface area contributed by atoms with Crippen LogP contribution in [0.4, 0.5) is 0 Å². The Hall–Kier alpha value is -0.0900. The summed E-state index contributed by atoms with van der Waals surface area (Å²) in [4.78, 5) is 2.56. The highest BCUT2D eigenvalue weighted by Gasteiger charge is 2.34. The quantitative estimate of drug-likeness (QED) is 0.836. The molecule has 0 heterocycles. The van der Waals surface area contributed by atoms with Gasteiger partial charge in [0.15, 0.2) is 0 Å². The van der Waals surface area contributed by atoms with E-state index in [9.17, 15) is 0 Å². The van der Waals surface area contributed by atoms with Gasteiger partial charge in [0, 0.05) is 29.6 Å². The van der Waals surface area contributed by atoms with Gasteiger partial charge in [-0.05, 0) is 52.4 Å². The van der Waals surface area contributed by atoms with Gasteiger partial charge in [-0.1, -0.05) is 31.5 Å². The standard InChI is InChI=1S/C15H22BrClN2/c1-10(2)9-19(12-4-5-12)15(8-18)11-3-6-13(16)14(17)7-11/h3,6-7,10,12,15H,4-5,8-9,18H2,1-2H3. The Morgan fingerprint density at radius 1 is 1.42 bits per heavy atom. The molecule has 1 fully saturated rings. The molecule has 19 heavy (non-hydrogen) atoms. The van der Waals surface area contributed by atoms with Gasteiger partial charge < -0.3 is 5.73 Å². The highest BCUT2D eigenvalue weighted by atomic mass is 79.9. The van der Waals surface area contributed by atoms with E-state index in [1.165, 1.54) is 18.4 Å². The van der Waals surface area contributed by atoms with Crippen molar-refractivity contribution in [2.75, 3.05) is 13.1 Å². The van der Waals surface area contributed by atoms with Crippen LogP contribution in [0.5, 0.6) is 0 Å². The molecular weight excluding hydrogens is 324 g/mol. The molecule has 1 aromatic carbocycles. The van der Waals surface area contributed by atoms with E-state index >= 15 is 0 Å². The molecule has 2 rings (SSSR count). The van der Waals surface area contributed by atoms with Crippen LogP contribution in [0.25, 0.3) is 0 Å². The normalized spacial score (nSPS) is 17.2. The molecular formula is C15H22BrClN2. The van der Waals surface area contributed by atoms with Crippen molar-refractivity contribution in [3.05, 3.63) is 33.3 Å². The molecule has 2 N–H and O–H groups in total. The first-order chi connectivity index (χ1) is 9.02. The molecule has 1 aliphatic carbocycles. The van der Waals surface area contributed by atoms with E-state index in [-0.39, 0.29) is 6.04 Å². The van der Waals surface area contributed by atoms with Crippen molar-refractivity contribution in [3.8, 4) is 0 Å². The second kappa shape index (κ2) is 6.57. The fourth-order valence-electron chi connectivity index (χ4n) is 2.54. The van der Waals surface area contributed by atoms with Gasteiger partial charge in [-0.15, -0.1) is 0 Å². The molecule has 1 atom stereocenters. The van der Waals surface area contributed by atoms with Gasteiger partial charge >= 0.3 is 0 Å². The predicted octanol–water partition coefficient (Wildman–Crippen LogP) is 4.22. The van der Waals surface area contributed by atoms with Gasteiger partial charge in [-0.25, -0.2) is 0 Å². The minimum Gasteiger partial charge on any atom is -0.329 e. The lowest BCUT2D eigenvalue weighted by Crippen LogP contribution is -2.38. The Balaban J connectivity index is 2.22. The van der Waals surface area contributed by atoms with Gasteiger partial charge in [-0.2, -0.15) is 0 Å². The van der Waals surface area contributed by atoms with Crippen LogP contribution in [0.15, 0.2) is 22.7 Å². The summed E-state index contributed by atoms with van der Waals surface area (Å²) >= 11 is 9.66. The molecule has 0 aromatic heterocycles. The fraction of sp³-hybridized carbons (Fsp3) is 0.600. The van der Waals surface area contributed by atoms with Gasteiger partial charge in [-0.3, -0.25) is 4.90 Å². The topological polar surface area (TPSA) is 29.3 Å². The van der Waals surface area contributed by atoms with E-state index in [1.54, 1.807) is 0 Å². The number of nitrogens with zero attached hydrogens (tertiary/aromatic N) is 1. The predicted molar refractivity (Wildman–Crippen MR) is 85.5 cm³/mol. The summed E-state index contributed by atoms with van der Waals surface area (Å²) < 4.78 is 0.940. The third kappa shape index (κ3) is 3.94.